The Labute approximate surface area is 180 Å². The van der Waals surface area contributed by atoms with Crippen LogP contribution in [0.25, 0.3) is 0 Å². The molecule has 30 heavy (non-hydrogen) atoms. The third-order valence-electron chi connectivity index (χ3n) is 5.02. The number of hydrogen-bond acceptors (Lipinski definition) is 8. The Morgan fingerprint density at radius 2 is 1.77 bits per heavy atom. The van der Waals surface area contributed by atoms with Gasteiger partial charge in [0.15, 0.2) is 0 Å². The Kier molecular flexibility index (Phi) is 7.67. The van der Waals surface area contributed by atoms with E-state index in [-0.39, 0.29) is 12.5 Å². The number of piperazine rings is 1. The smallest absolute Gasteiger partial charge is 0.350 e. The summed E-state index contributed by atoms with van der Waals surface area (Å²) < 4.78 is 15.5. The molecule has 0 bridgehead atoms. The summed E-state index contributed by atoms with van der Waals surface area (Å²) in [6.45, 7) is 4.31. The van der Waals surface area contributed by atoms with Crippen LogP contribution in [0.3, 0.4) is 0 Å². The number of rotatable bonds is 8. The number of nitrogens with one attached hydrogen (secondary N) is 1. The molecule has 0 saturated carbocycles. The third-order valence-corrected chi connectivity index (χ3v) is 5.92. The van der Waals surface area contributed by atoms with Crippen molar-refractivity contribution in [1.82, 2.24) is 9.80 Å². The maximum absolute atomic E-state index is 12.4. The van der Waals surface area contributed by atoms with Crippen molar-refractivity contribution in [3.8, 4) is 11.5 Å². The highest BCUT2D eigenvalue weighted by Gasteiger charge is 2.21. The molecule has 0 spiro atoms. The Balaban J connectivity index is 1.50. The van der Waals surface area contributed by atoms with Crippen LogP contribution in [0.2, 0.25) is 0 Å². The Morgan fingerprint density at radius 3 is 2.43 bits per heavy atom. The molecule has 8 nitrogen and oxygen atoms in total. The number of amides is 1. The lowest BCUT2D eigenvalue weighted by Gasteiger charge is -2.34. The van der Waals surface area contributed by atoms with Gasteiger partial charge in [0.05, 0.1) is 33.6 Å². The molecule has 0 unspecified atom stereocenters. The molecule has 1 aromatic carbocycles. The van der Waals surface area contributed by atoms with Crippen LogP contribution >= 0.6 is 11.3 Å². The molecule has 162 valence electrons. The van der Waals surface area contributed by atoms with E-state index in [0.29, 0.717) is 10.6 Å². The highest BCUT2D eigenvalue weighted by atomic mass is 32.1. The van der Waals surface area contributed by atoms with Gasteiger partial charge in [0, 0.05) is 38.3 Å². The molecule has 2 aromatic rings. The van der Waals surface area contributed by atoms with Crippen molar-refractivity contribution < 1.29 is 23.8 Å². The Morgan fingerprint density at radius 1 is 1.03 bits per heavy atom. The fourth-order valence-electron chi connectivity index (χ4n) is 3.40. The van der Waals surface area contributed by atoms with Crippen LogP contribution in [-0.2, 0) is 16.1 Å². The number of esters is 1. The number of nitrogens with zero attached hydrogens (tertiary/aromatic N) is 2. The summed E-state index contributed by atoms with van der Waals surface area (Å²) in [5.74, 6) is 1.07. The SMILES string of the molecule is COC(=O)c1sccc1NC(=O)CN1CCN(Cc2cc(OC)ccc2OC)CC1. The molecule has 0 atom stereocenters. The van der Waals surface area contributed by atoms with Crippen molar-refractivity contribution in [2.24, 2.45) is 0 Å². The van der Waals surface area contributed by atoms with Crippen LogP contribution in [0.15, 0.2) is 29.6 Å². The number of hydrogen-bond donors (Lipinski definition) is 1. The molecule has 3 rings (SSSR count). The van der Waals surface area contributed by atoms with Gasteiger partial charge in [0.2, 0.25) is 5.91 Å². The van der Waals surface area contributed by atoms with E-state index < -0.39 is 5.97 Å². The molecular weight excluding hydrogens is 406 g/mol. The van der Waals surface area contributed by atoms with Crippen molar-refractivity contribution in [2.75, 3.05) is 59.4 Å². The van der Waals surface area contributed by atoms with Crippen LogP contribution in [-0.4, -0.2) is 75.7 Å². The quantitative estimate of drug-likeness (QED) is 0.640. The van der Waals surface area contributed by atoms with Crippen molar-refractivity contribution in [2.45, 2.75) is 6.54 Å². The molecule has 1 aliphatic rings. The van der Waals surface area contributed by atoms with Crippen LogP contribution in [0.5, 0.6) is 11.5 Å². The number of thiophene rings is 1. The normalized spacial score (nSPS) is 14.9. The van der Waals surface area contributed by atoms with Gasteiger partial charge in [0.1, 0.15) is 16.4 Å². The minimum Gasteiger partial charge on any atom is -0.497 e. The van der Waals surface area contributed by atoms with E-state index in [9.17, 15) is 9.59 Å². The molecule has 1 N–H and O–H groups in total. The first-order chi connectivity index (χ1) is 14.5. The molecule has 9 heteroatoms. The number of methoxy groups -OCH3 is 3. The minimum absolute atomic E-state index is 0.138. The highest BCUT2D eigenvalue weighted by Crippen LogP contribution is 2.26. The Bertz CT molecular complexity index is 877. The van der Waals surface area contributed by atoms with Crippen LogP contribution in [0, 0.1) is 0 Å². The second-order valence-corrected chi connectivity index (χ2v) is 7.85. The summed E-state index contributed by atoms with van der Waals surface area (Å²) >= 11 is 1.25. The first-order valence-corrected chi connectivity index (χ1v) is 10.5. The van der Waals surface area contributed by atoms with Gasteiger partial charge in [-0.05, 0) is 29.6 Å². The lowest BCUT2D eigenvalue weighted by Crippen LogP contribution is -2.48. The van der Waals surface area contributed by atoms with E-state index in [4.69, 9.17) is 14.2 Å². The van der Waals surface area contributed by atoms with E-state index in [1.807, 2.05) is 18.2 Å². The van der Waals surface area contributed by atoms with Crippen molar-refractivity contribution in [3.05, 3.63) is 40.1 Å². The number of anilines is 1. The van der Waals surface area contributed by atoms with Gasteiger partial charge in [-0.1, -0.05) is 0 Å². The fourth-order valence-corrected chi connectivity index (χ4v) is 4.17. The van der Waals surface area contributed by atoms with Gasteiger partial charge < -0.3 is 19.5 Å². The molecule has 1 saturated heterocycles. The molecular formula is C21H27N3O5S. The van der Waals surface area contributed by atoms with Crippen molar-refractivity contribution in [3.63, 3.8) is 0 Å². The number of carbonyl (C=O) groups is 2. The fraction of sp³-hybridized carbons (Fsp3) is 0.429. The van der Waals surface area contributed by atoms with Gasteiger partial charge in [0.25, 0.3) is 0 Å². The molecule has 1 amide bonds. The Hall–Kier alpha value is -2.62. The number of carbonyl (C=O) groups excluding carboxylic acids is 2. The van der Waals surface area contributed by atoms with E-state index in [1.165, 1.54) is 18.4 Å². The maximum Gasteiger partial charge on any atom is 0.350 e. The van der Waals surface area contributed by atoms with E-state index in [0.717, 1.165) is 49.8 Å². The largest absolute Gasteiger partial charge is 0.497 e. The zero-order valence-electron chi connectivity index (χ0n) is 17.5. The lowest BCUT2D eigenvalue weighted by molar-refractivity contribution is -0.117. The zero-order valence-corrected chi connectivity index (χ0v) is 18.3. The van der Waals surface area contributed by atoms with Crippen molar-refractivity contribution in [1.29, 1.82) is 0 Å². The second-order valence-electron chi connectivity index (χ2n) is 6.93. The summed E-state index contributed by atoms with van der Waals surface area (Å²) in [5, 5.41) is 4.57. The van der Waals surface area contributed by atoms with E-state index in [1.54, 1.807) is 25.7 Å². The summed E-state index contributed by atoms with van der Waals surface area (Å²) in [6.07, 6.45) is 0. The van der Waals surface area contributed by atoms with E-state index >= 15 is 0 Å². The lowest BCUT2D eigenvalue weighted by atomic mass is 10.1. The first kappa shape index (κ1) is 22.1. The molecule has 0 radical (unpaired) electrons. The third kappa shape index (κ3) is 5.50. The number of ether oxygens (including phenoxy) is 3. The van der Waals surface area contributed by atoms with Gasteiger partial charge in [-0.15, -0.1) is 11.3 Å². The van der Waals surface area contributed by atoms with E-state index in [2.05, 4.69) is 15.1 Å². The van der Waals surface area contributed by atoms with Gasteiger partial charge in [-0.3, -0.25) is 14.6 Å². The second kappa shape index (κ2) is 10.4. The monoisotopic (exact) mass is 433 g/mol. The molecule has 2 heterocycles. The zero-order chi connectivity index (χ0) is 21.5. The average molecular weight is 434 g/mol. The summed E-state index contributed by atoms with van der Waals surface area (Å²) in [6, 6.07) is 7.52. The average Bonchev–Trinajstić information content (AvgIpc) is 3.22. The number of benzene rings is 1. The first-order valence-electron chi connectivity index (χ1n) is 9.65. The summed E-state index contributed by atoms with van der Waals surface area (Å²) in [7, 11) is 4.65. The van der Waals surface area contributed by atoms with Gasteiger partial charge in [-0.2, -0.15) is 0 Å². The molecule has 1 fully saturated rings. The standard InChI is InChI=1S/C21H27N3O5S/c1-27-16-4-5-18(28-2)15(12-16)13-23-7-9-24(10-8-23)14-19(25)22-17-6-11-30-20(17)21(26)29-3/h4-6,11-12H,7-10,13-14H2,1-3H3,(H,22,25). The van der Waals surface area contributed by atoms with Crippen molar-refractivity contribution >= 4 is 28.9 Å². The minimum atomic E-state index is -0.443. The molecule has 1 aromatic heterocycles. The predicted octanol–water partition coefficient (Wildman–Crippen LogP) is 2.31. The van der Waals surface area contributed by atoms with Crippen LogP contribution < -0.4 is 14.8 Å². The maximum atomic E-state index is 12.4. The predicted molar refractivity (Wildman–Crippen MR) is 116 cm³/mol. The van der Waals surface area contributed by atoms with Crippen LogP contribution in [0.1, 0.15) is 15.2 Å². The highest BCUT2D eigenvalue weighted by molar-refractivity contribution is 7.12. The summed E-state index contributed by atoms with van der Waals surface area (Å²) in [5.41, 5.74) is 1.58. The molecule has 1 aliphatic heterocycles. The summed E-state index contributed by atoms with van der Waals surface area (Å²) in [4.78, 5) is 29.0. The van der Waals surface area contributed by atoms with Crippen LogP contribution in [0.4, 0.5) is 5.69 Å². The molecule has 0 aliphatic carbocycles. The van der Waals surface area contributed by atoms with Gasteiger partial charge in [-0.25, -0.2) is 4.79 Å². The topological polar surface area (TPSA) is 80.3 Å². The van der Waals surface area contributed by atoms with Gasteiger partial charge >= 0.3 is 5.97 Å².